The quantitative estimate of drug-likeness (QED) is 0.0493. The predicted molar refractivity (Wildman–Crippen MR) is 223 cm³/mol. The van der Waals surface area contributed by atoms with Gasteiger partial charge in [0.25, 0.3) is 0 Å². The molecular formula is C44H86N4O3S. The third kappa shape index (κ3) is 11.6. The van der Waals surface area contributed by atoms with Crippen LogP contribution < -0.4 is 17.2 Å². The molecule has 4 fully saturated rings. The first-order valence-electron chi connectivity index (χ1n) is 22.6. The van der Waals surface area contributed by atoms with Gasteiger partial charge >= 0.3 is 0 Å². The van der Waals surface area contributed by atoms with Crippen molar-refractivity contribution in [1.82, 2.24) is 4.90 Å². The summed E-state index contributed by atoms with van der Waals surface area (Å²) in [5, 5.41) is 0. The number of rotatable bonds is 27. The second-order valence-electron chi connectivity index (χ2n) is 18.3. The van der Waals surface area contributed by atoms with Gasteiger partial charge < -0.3 is 36.3 Å². The summed E-state index contributed by atoms with van der Waals surface area (Å²) in [6.07, 6.45) is 24.4. The Kier molecular flexibility index (Phi) is 20.1. The lowest BCUT2D eigenvalue weighted by Gasteiger charge is -2.65. The van der Waals surface area contributed by atoms with Crippen molar-refractivity contribution in [3.8, 4) is 0 Å². The predicted octanol–water partition coefficient (Wildman–Crippen LogP) is 8.47. The van der Waals surface area contributed by atoms with Gasteiger partial charge in [-0.05, 0) is 176 Å². The van der Waals surface area contributed by atoms with E-state index in [1.54, 1.807) is 0 Å². The summed E-state index contributed by atoms with van der Waals surface area (Å²) in [7, 11) is 0. The molecule has 4 rings (SSSR count). The van der Waals surface area contributed by atoms with E-state index < -0.39 is 0 Å². The Balaban J connectivity index is 1.49. The minimum atomic E-state index is 0.167. The van der Waals surface area contributed by atoms with Crippen molar-refractivity contribution >= 4 is 12.6 Å². The van der Waals surface area contributed by atoms with Crippen molar-refractivity contribution in [3.63, 3.8) is 0 Å². The Hall–Kier alpha value is 0.0700. The molecular weight excluding hydrogens is 665 g/mol. The maximum Gasteiger partial charge on any atom is 0.0637 e. The molecule has 5 unspecified atom stereocenters. The molecule has 0 aliphatic heterocycles. The summed E-state index contributed by atoms with van der Waals surface area (Å²) in [5.74, 6) is 4.85. The Labute approximate surface area is 327 Å². The molecule has 11 atom stereocenters. The Morgan fingerprint density at radius 1 is 0.712 bits per heavy atom. The summed E-state index contributed by atoms with van der Waals surface area (Å²) < 4.78 is 20.5. The van der Waals surface area contributed by atoms with E-state index in [-0.39, 0.29) is 5.41 Å². The van der Waals surface area contributed by atoms with E-state index in [0.29, 0.717) is 78.9 Å². The van der Waals surface area contributed by atoms with Gasteiger partial charge in [0.05, 0.1) is 18.3 Å². The number of hydrogen-bond acceptors (Lipinski definition) is 8. The van der Waals surface area contributed by atoms with Gasteiger partial charge in [0.15, 0.2) is 0 Å². The highest BCUT2D eigenvalue weighted by atomic mass is 32.1. The van der Waals surface area contributed by atoms with Crippen molar-refractivity contribution in [2.45, 2.75) is 168 Å². The summed E-state index contributed by atoms with van der Waals surface area (Å²) in [6, 6.07) is 0. The number of nitrogens with two attached hydrogens (primary N) is 3. The molecule has 8 heteroatoms. The zero-order chi connectivity index (χ0) is 37.4. The van der Waals surface area contributed by atoms with Gasteiger partial charge in [0, 0.05) is 25.2 Å². The lowest BCUT2D eigenvalue weighted by atomic mass is 9.43. The zero-order valence-corrected chi connectivity index (χ0v) is 35.4. The van der Waals surface area contributed by atoms with Gasteiger partial charge in [0.1, 0.15) is 0 Å². The van der Waals surface area contributed by atoms with Crippen LogP contribution in [0.25, 0.3) is 0 Å². The van der Waals surface area contributed by atoms with Gasteiger partial charge in [-0.15, -0.1) is 0 Å². The average molecular weight is 751 g/mol. The van der Waals surface area contributed by atoms with Crippen molar-refractivity contribution in [3.05, 3.63) is 0 Å². The Morgan fingerprint density at radius 2 is 1.37 bits per heavy atom. The minimum Gasteiger partial charge on any atom is -0.378 e. The fourth-order valence-electron chi connectivity index (χ4n) is 12.2. The van der Waals surface area contributed by atoms with Gasteiger partial charge in [-0.3, -0.25) is 0 Å². The highest BCUT2D eigenvalue weighted by Crippen LogP contribution is 2.69. The molecule has 0 bridgehead atoms. The van der Waals surface area contributed by atoms with E-state index in [1.165, 1.54) is 116 Å². The van der Waals surface area contributed by atoms with Gasteiger partial charge in [0.2, 0.25) is 0 Å². The third-order valence-corrected chi connectivity index (χ3v) is 15.4. The van der Waals surface area contributed by atoms with Crippen LogP contribution >= 0.6 is 12.6 Å². The topological polar surface area (TPSA) is 109 Å². The van der Waals surface area contributed by atoms with E-state index in [2.05, 4.69) is 45.2 Å². The minimum absolute atomic E-state index is 0.167. The number of thiol groups is 1. The molecule has 7 nitrogen and oxygen atoms in total. The molecule has 4 saturated carbocycles. The molecule has 0 amide bonds. The molecule has 0 aromatic carbocycles. The highest BCUT2D eigenvalue weighted by Gasteiger charge is 2.66. The molecule has 0 aromatic rings. The zero-order valence-electron chi connectivity index (χ0n) is 34.6. The molecule has 0 saturated heterocycles. The smallest absolute Gasteiger partial charge is 0.0637 e. The normalized spacial score (nSPS) is 35.0. The molecule has 0 aromatic heterocycles. The maximum atomic E-state index is 7.09. The monoisotopic (exact) mass is 751 g/mol. The van der Waals surface area contributed by atoms with Gasteiger partial charge in [-0.2, -0.15) is 12.6 Å². The van der Waals surface area contributed by atoms with Crippen LogP contribution in [0.5, 0.6) is 0 Å². The largest absolute Gasteiger partial charge is 0.378 e. The number of nitrogens with zero attached hydrogens (tertiary/aromatic N) is 1. The van der Waals surface area contributed by atoms with Crippen molar-refractivity contribution in [2.24, 2.45) is 63.5 Å². The second kappa shape index (κ2) is 23.3. The van der Waals surface area contributed by atoms with E-state index in [0.717, 1.165) is 51.3 Å². The van der Waals surface area contributed by atoms with Crippen LogP contribution in [0, 0.1) is 46.3 Å². The van der Waals surface area contributed by atoms with Crippen LogP contribution in [0.3, 0.4) is 0 Å². The molecule has 52 heavy (non-hydrogen) atoms. The summed E-state index contributed by atoms with van der Waals surface area (Å²) >= 11 is 4.56. The molecule has 0 heterocycles. The van der Waals surface area contributed by atoms with Crippen LogP contribution in [0.1, 0.15) is 150 Å². The van der Waals surface area contributed by atoms with Crippen molar-refractivity contribution in [1.29, 1.82) is 0 Å². The highest BCUT2D eigenvalue weighted by molar-refractivity contribution is 7.80. The van der Waals surface area contributed by atoms with Crippen LogP contribution in [0.4, 0.5) is 0 Å². The number of unbranched alkanes of at least 4 members (excludes halogenated alkanes) is 5. The molecule has 0 radical (unpaired) electrons. The number of ether oxygens (including phenoxy) is 3. The lowest BCUT2D eigenvalue weighted by molar-refractivity contribution is -0.227. The first-order chi connectivity index (χ1) is 25.3. The molecule has 6 N–H and O–H groups in total. The molecule has 0 spiro atoms. The fraction of sp³-hybridized carbons (Fsp3) is 1.00. The second-order valence-corrected chi connectivity index (χ2v) is 18.7. The average Bonchev–Trinajstić information content (AvgIpc) is 3.50. The Morgan fingerprint density at radius 3 is 2.08 bits per heavy atom. The standard InChI is InChI=1S/C44H86N4O3S/c1-5-6-7-8-9-10-24-48(26-15-30-52)25-11-16-34(2)37-17-18-38-42-39(33-41(44(37,38)4)51-29-14-23-47)43(3)20-19-36(49-27-12-21-45)31-35(43)32-40(42)50-28-13-22-46/h34-42,52H,5-33,45-47H2,1-4H3/t34-,35?,36-,37?,38+,39+,40-,41+,42?,43?,44?/m1/s1. The van der Waals surface area contributed by atoms with Crippen LogP contribution in [0.2, 0.25) is 0 Å². The summed E-state index contributed by atoms with van der Waals surface area (Å²) in [4.78, 5) is 2.76. The first-order valence-corrected chi connectivity index (χ1v) is 23.2. The lowest BCUT2D eigenvalue weighted by Crippen LogP contribution is -2.63. The van der Waals surface area contributed by atoms with Crippen molar-refractivity contribution in [2.75, 3.05) is 64.8 Å². The van der Waals surface area contributed by atoms with Gasteiger partial charge in [-0.1, -0.05) is 59.8 Å². The van der Waals surface area contributed by atoms with E-state index in [1.807, 2.05) is 0 Å². The molecule has 4 aliphatic rings. The maximum absolute atomic E-state index is 7.09. The number of hydrogen-bond donors (Lipinski definition) is 4. The summed E-state index contributed by atoms with van der Waals surface area (Å²) in [6.45, 7) is 18.4. The Bertz CT molecular complexity index is 962. The fourth-order valence-corrected chi connectivity index (χ4v) is 12.3. The number of fused-ring (bicyclic) bond motifs is 5. The van der Waals surface area contributed by atoms with Crippen LogP contribution in [-0.4, -0.2) is 88.1 Å². The van der Waals surface area contributed by atoms with E-state index in [4.69, 9.17) is 31.4 Å². The van der Waals surface area contributed by atoms with Gasteiger partial charge in [-0.25, -0.2) is 0 Å². The molecule has 306 valence electrons. The van der Waals surface area contributed by atoms with E-state index in [9.17, 15) is 0 Å². The first kappa shape index (κ1) is 44.8. The SMILES string of the molecule is CCCCCCCCN(CCCS)CCC[C@@H](C)C1CC[C@H]2C3[C@H](OCCCN)CC4C[C@H](OCCCN)CCC4(C)[C@H]3C[C@H](OCCCN)C12C. The molecule has 4 aliphatic carbocycles. The third-order valence-electron chi connectivity index (χ3n) is 15.1. The van der Waals surface area contributed by atoms with Crippen LogP contribution in [-0.2, 0) is 14.2 Å². The van der Waals surface area contributed by atoms with Crippen LogP contribution in [0.15, 0.2) is 0 Å². The summed E-state index contributed by atoms with van der Waals surface area (Å²) in [5.41, 5.74) is 18.3. The van der Waals surface area contributed by atoms with Crippen molar-refractivity contribution < 1.29 is 14.2 Å². The van der Waals surface area contributed by atoms with E-state index >= 15 is 0 Å².